The van der Waals surface area contributed by atoms with Gasteiger partial charge in [0.2, 0.25) is 0 Å². The van der Waals surface area contributed by atoms with Crippen LogP contribution in [-0.4, -0.2) is 4.57 Å². The Hall–Kier alpha value is -5.14. The molecule has 1 aromatic heterocycles. The third kappa shape index (κ3) is 3.14. The van der Waals surface area contributed by atoms with Gasteiger partial charge in [0.1, 0.15) is 0 Å². The molecule has 0 aliphatic heterocycles. The molecule has 1 aliphatic carbocycles. The Kier molecular flexibility index (Phi) is 4.73. The maximum atomic E-state index is 2.53. The first-order valence-electron chi connectivity index (χ1n) is 14.8. The van der Waals surface area contributed by atoms with Gasteiger partial charge in [-0.25, -0.2) is 0 Å². The number of hydrogen-bond acceptors (Lipinski definition) is 0. The molecule has 42 heavy (non-hydrogen) atoms. The van der Waals surface area contributed by atoms with E-state index in [1.54, 1.807) is 0 Å². The van der Waals surface area contributed by atoms with Crippen LogP contribution in [0.5, 0.6) is 0 Å². The number of fused-ring (bicyclic) bond motifs is 7. The Bertz CT molecular complexity index is 2370. The summed E-state index contributed by atoms with van der Waals surface area (Å²) in [5, 5.41) is 7.80. The fourth-order valence-electron chi connectivity index (χ4n) is 7.53. The van der Waals surface area contributed by atoms with Crippen LogP contribution in [0.1, 0.15) is 25.0 Å². The smallest absolute Gasteiger partial charge is 0.0626 e. The van der Waals surface area contributed by atoms with Crippen LogP contribution in [0.25, 0.3) is 71.3 Å². The summed E-state index contributed by atoms with van der Waals surface area (Å²) < 4.78 is 2.53. The lowest BCUT2D eigenvalue weighted by Crippen LogP contribution is -2.23. The first-order valence-corrected chi connectivity index (χ1v) is 14.8. The molecular weight excluding hydrogens is 506 g/mol. The maximum absolute atomic E-state index is 2.53. The monoisotopic (exact) mass is 535 g/mol. The normalized spacial score (nSPS) is 13.7. The first kappa shape index (κ1) is 23.6. The van der Waals surface area contributed by atoms with Crippen LogP contribution in [0.15, 0.2) is 140 Å². The topological polar surface area (TPSA) is 4.93 Å². The van der Waals surface area contributed by atoms with E-state index in [9.17, 15) is 0 Å². The molecule has 198 valence electrons. The summed E-state index contributed by atoms with van der Waals surface area (Å²) in [7, 11) is 0. The zero-order valence-electron chi connectivity index (χ0n) is 23.7. The van der Waals surface area contributed by atoms with E-state index in [-0.39, 0.29) is 5.41 Å². The maximum Gasteiger partial charge on any atom is 0.0626 e. The molecule has 1 heteroatoms. The van der Waals surface area contributed by atoms with Crippen molar-refractivity contribution in [3.8, 4) is 27.9 Å². The first-order chi connectivity index (χ1) is 20.6. The molecule has 0 bridgehead atoms. The van der Waals surface area contributed by atoms with Gasteiger partial charge in [-0.3, -0.25) is 0 Å². The fourth-order valence-corrected chi connectivity index (χ4v) is 7.53. The average Bonchev–Trinajstić information content (AvgIpc) is 3.35. The number of hydrogen-bond donors (Lipinski definition) is 0. The van der Waals surface area contributed by atoms with E-state index in [1.807, 2.05) is 0 Å². The van der Waals surface area contributed by atoms with Gasteiger partial charge in [0.25, 0.3) is 0 Å². The predicted octanol–water partition coefficient (Wildman–Crippen LogP) is 11.1. The lowest BCUT2D eigenvalue weighted by molar-refractivity contribution is 0.645. The van der Waals surface area contributed by atoms with Gasteiger partial charge in [0.05, 0.1) is 11.0 Å². The molecular formula is C41H29N. The minimum Gasteiger partial charge on any atom is -0.309 e. The van der Waals surface area contributed by atoms with Gasteiger partial charge >= 0.3 is 0 Å². The Labute approximate surface area is 245 Å². The van der Waals surface area contributed by atoms with Gasteiger partial charge in [-0.1, -0.05) is 123 Å². The average molecular weight is 536 g/mol. The molecule has 0 amide bonds. The molecule has 0 atom stereocenters. The van der Waals surface area contributed by atoms with Crippen molar-refractivity contribution in [1.29, 1.82) is 0 Å². The van der Waals surface area contributed by atoms with Crippen molar-refractivity contribution in [1.82, 2.24) is 4.57 Å². The molecule has 9 rings (SSSR count). The molecule has 0 unspecified atom stereocenters. The quantitative estimate of drug-likeness (QED) is 0.207. The summed E-state index contributed by atoms with van der Waals surface area (Å²) in [6.07, 6.45) is 0. The van der Waals surface area contributed by atoms with Gasteiger partial charge in [-0.15, -0.1) is 0 Å². The molecule has 0 saturated carbocycles. The number of benzene rings is 7. The lowest BCUT2D eigenvalue weighted by atomic mass is 9.68. The Morgan fingerprint density at radius 3 is 2.00 bits per heavy atom. The highest BCUT2D eigenvalue weighted by molar-refractivity contribution is 6.24. The SMILES string of the molecule is CC1(C)c2ccccc2-c2c3c1cccc3cc1c3cc4ccccc4cc3n(-c3cccc(-c4ccccc4)c3)c21. The zero-order chi connectivity index (χ0) is 28.0. The summed E-state index contributed by atoms with van der Waals surface area (Å²) in [6.45, 7) is 4.75. The van der Waals surface area contributed by atoms with Crippen molar-refractivity contribution in [2.75, 3.05) is 0 Å². The largest absolute Gasteiger partial charge is 0.309 e. The molecule has 1 heterocycles. The molecule has 7 aromatic carbocycles. The Morgan fingerprint density at radius 2 is 1.14 bits per heavy atom. The Morgan fingerprint density at radius 1 is 0.500 bits per heavy atom. The van der Waals surface area contributed by atoms with Gasteiger partial charge < -0.3 is 4.57 Å². The van der Waals surface area contributed by atoms with Gasteiger partial charge in [0, 0.05) is 27.4 Å². The second kappa shape index (κ2) is 8.44. The molecule has 0 N–H and O–H groups in total. The third-order valence-corrected chi connectivity index (χ3v) is 9.51. The van der Waals surface area contributed by atoms with Crippen molar-refractivity contribution >= 4 is 43.4 Å². The Balaban J connectivity index is 1.52. The van der Waals surface area contributed by atoms with Crippen molar-refractivity contribution in [2.45, 2.75) is 19.3 Å². The molecule has 0 radical (unpaired) electrons. The zero-order valence-corrected chi connectivity index (χ0v) is 23.7. The highest BCUT2D eigenvalue weighted by Crippen LogP contribution is 2.52. The van der Waals surface area contributed by atoms with E-state index in [4.69, 9.17) is 0 Å². The van der Waals surface area contributed by atoms with Crippen LogP contribution in [0, 0.1) is 0 Å². The second-order valence-corrected chi connectivity index (χ2v) is 12.2. The standard InChI is InChI=1S/C41H29N/c1-41(2)35-20-9-8-19-32(35)39-38-30(17-11-21-36(38)41)24-34-33-23-28-14-6-7-15-29(28)25-37(33)42(40(34)39)31-18-10-16-27(22-31)26-12-4-3-5-13-26/h3-25H,1-2H3. The highest BCUT2D eigenvalue weighted by Gasteiger charge is 2.35. The summed E-state index contributed by atoms with van der Waals surface area (Å²) in [4.78, 5) is 0. The number of nitrogens with zero attached hydrogens (tertiary/aromatic N) is 1. The fraction of sp³-hybridized carbons (Fsp3) is 0.0732. The van der Waals surface area contributed by atoms with E-state index >= 15 is 0 Å². The van der Waals surface area contributed by atoms with Gasteiger partial charge in [-0.05, 0) is 79.7 Å². The number of rotatable bonds is 2. The van der Waals surface area contributed by atoms with Crippen LogP contribution >= 0.6 is 0 Å². The summed E-state index contributed by atoms with van der Waals surface area (Å²) in [6, 6.07) is 51.6. The van der Waals surface area contributed by atoms with Crippen molar-refractivity contribution in [2.24, 2.45) is 0 Å². The molecule has 8 aromatic rings. The van der Waals surface area contributed by atoms with Crippen LogP contribution < -0.4 is 0 Å². The molecule has 1 nitrogen and oxygen atoms in total. The van der Waals surface area contributed by atoms with E-state index < -0.39 is 0 Å². The van der Waals surface area contributed by atoms with Crippen LogP contribution in [0.4, 0.5) is 0 Å². The number of aromatic nitrogens is 1. The minimum atomic E-state index is -0.0878. The van der Waals surface area contributed by atoms with Crippen LogP contribution in [-0.2, 0) is 5.41 Å². The van der Waals surface area contributed by atoms with Gasteiger partial charge in [-0.2, -0.15) is 0 Å². The highest BCUT2D eigenvalue weighted by atomic mass is 15.0. The van der Waals surface area contributed by atoms with E-state index in [0.29, 0.717) is 0 Å². The lowest BCUT2D eigenvalue weighted by Gasteiger charge is -2.35. The van der Waals surface area contributed by atoms with Crippen molar-refractivity contribution < 1.29 is 0 Å². The van der Waals surface area contributed by atoms with Crippen molar-refractivity contribution in [3.05, 3.63) is 151 Å². The minimum absolute atomic E-state index is 0.0878. The molecule has 1 aliphatic rings. The molecule has 0 fully saturated rings. The van der Waals surface area contributed by atoms with Gasteiger partial charge in [0.15, 0.2) is 0 Å². The summed E-state index contributed by atoms with van der Waals surface area (Å²) >= 11 is 0. The molecule has 0 saturated heterocycles. The van der Waals surface area contributed by atoms with E-state index in [1.165, 1.54) is 82.4 Å². The third-order valence-electron chi connectivity index (χ3n) is 9.51. The van der Waals surface area contributed by atoms with E-state index in [2.05, 4.69) is 158 Å². The summed E-state index contributed by atoms with van der Waals surface area (Å²) in [5.74, 6) is 0. The van der Waals surface area contributed by atoms with Crippen LogP contribution in [0.2, 0.25) is 0 Å². The van der Waals surface area contributed by atoms with E-state index in [0.717, 1.165) is 0 Å². The predicted molar refractivity (Wildman–Crippen MR) is 179 cm³/mol. The second-order valence-electron chi connectivity index (χ2n) is 12.2. The van der Waals surface area contributed by atoms with Crippen LogP contribution in [0.3, 0.4) is 0 Å². The summed E-state index contributed by atoms with van der Waals surface area (Å²) in [5.41, 5.74) is 11.5. The van der Waals surface area contributed by atoms with Crippen molar-refractivity contribution in [3.63, 3.8) is 0 Å². The molecule has 0 spiro atoms.